The maximum Gasteiger partial charge on any atom is 0.253 e. The standard InChI is InChI=1S/C18H20ClN5O2/c1-13(16(25)22-18-20-7-2-8-21-18)23-9-11-24(12-10-23)17(26)14-3-5-15(19)6-4-14/h2-8,13H,9-12H2,1H3,(H,20,21,22,25). The van der Waals surface area contributed by atoms with Gasteiger partial charge in [-0.05, 0) is 37.3 Å². The Hall–Kier alpha value is -2.51. The number of carbonyl (C=O) groups excluding carboxylic acids is 2. The summed E-state index contributed by atoms with van der Waals surface area (Å²) >= 11 is 5.87. The van der Waals surface area contributed by atoms with Gasteiger partial charge >= 0.3 is 0 Å². The largest absolute Gasteiger partial charge is 0.336 e. The predicted octanol–water partition coefficient (Wildman–Crippen LogP) is 1.91. The third-order valence-corrected chi connectivity index (χ3v) is 4.67. The molecule has 0 spiro atoms. The van der Waals surface area contributed by atoms with Gasteiger partial charge in [0.25, 0.3) is 5.91 Å². The molecule has 2 amide bonds. The van der Waals surface area contributed by atoms with E-state index in [0.717, 1.165) is 0 Å². The first-order chi connectivity index (χ1) is 12.5. The molecular formula is C18H20ClN5O2. The second-order valence-electron chi connectivity index (χ2n) is 6.07. The Morgan fingerprint density at radius 3 is 2.31 bits per heavy atom. The van der Waals surface area contributed by atoms with Gasteiger partial charge in [-0.1, -0.05) is 11.6 Å². The Balaban J connectivity index is 1.53. The van der Waals surface area contributed by atoms with E-state index in [4.69, 9.17) is 11.6 Å². The van der Waals surface area contributed by atoms with E-state index in [2.05, 4.69) is 15.3 Å². The van der Waals surface area contributed by atoms with Crippen molar-refractivity contribution in [1.82, 2.24) is 19.8 Å². The van der Waals surface area contributed by atoms with Crippen molar-refractivity contribution in [2.75, 3.05) is 31.5 Å². The fourth-order valence-electron chi connectivity index (χ4n) is 2.83. The first-order valence-corrected chi connectivity index (χ1v) is 8.79. The Morgan fingerprint density at radius 1 is 1.08 bits per heavy atom. The van der Waals surface area contributed by atoms with Crippen molar-refractivity contribution in [3.05, 3.63) is 53.3 Å². The first-order valence-electron chi connectivity index (χ1n) is 8.41. The van der Waals surface area contributed by atoms with Crippen molar-refractivity contribution in [1.29, 1.82) is 0 Å². The number of carbonyl (C=O) groups is 2. The van der Waals surface area contributed by atoms with Crippen LogP contribution in [0.25, 0.3) is 0 Å². The van der Waals surface area contributed by atoms with Gasteiger partial charge in [-0.25, -0.2) is 9.97 Å². The summed E-state index contributed by atoms with van der Waals surface area (Å²) in [4.78, 5) is 36.7. The van der Waals surface area contributed by atoms with E-state index in [1.165, 1.54) is 0 Å². The highest BCUT2D eigenvalue weighted by Crippen LogP contribution is 2.14. The van der Waals surface area contributed by atoms with Gasteiger partial charge in [0, 0.05) is 49.2 Å². The van der Waals surface area contributed by atoms with E-state index < -0.39 is 0 Å². The third-order valence-electron chi connectivity index (χ3n) is 4.42. The fourth-order valence-corrected chi connectivity index (χ4v) is 2.96. The van der Waals surface area contributed by atoms with Crippen LogP contribution in [-0.2, 0) is 4.79 Å². The van der Waals surface area contributed by atoms with Crippen LogP contribution in [0.1, 0.15) is 17.3 Å². The molecule has 0 aliphatic carbocycles. The molecule has 1 unspecified atom stereocenters. The molecule has 26 heavy (non-hydrogen) atoms. The number of benzene rings is 1. The molecule has 2 aromatic rings. The number of piperazine rings is 1. The minimum Gasteiger partial charge on any atom is -0.336 e. The first kappa shape index (κ1) is 18.3. The van der Waals surface area contributed by atoms with E-state index in [-0.39, 0.29) is 17.9 Å². The minimum atomic E-state index is -0.327. The van der Waals surface area contributed by atoms with Crippen LogP contribution in [0.3, 0.4) is 0 Å². The number of nitrogens with zero attached hydrogens (tertiary/aromatic N) is 4. The molecule has 2 heterocycles. The maximum absolute atomic E-state index is 12.5. The van der Waals surface area contributed by atoms with Gasteiger partial charge in [0.2, 0.25) is 11.9 Å². The van der Waals surface area contributed by atoms with Crippen molar-refractivity contribution in [2.45, 2.75) is 13.0 Å². The number of anilines is 1. The minimum absolute atomic E-state index is 0.0175. The summed E-state index contributed by atoms with van der Waals surface area (Å²) in [5.41, 5.74) is 0.620. The molecule has 1 aromatic carbocycles. The van der Waals surface area contributed by atoms with E-state index in [1.807, 2.05) is 11.8 Å². The number of hydrogen-bond donors (Lipinski definition) is 1. The molecule has 1 fully saturated rings. The molecule has 1 atom stereocenters. The monoisotopic (exact) mass is 373 g/mol. The lowest BCUT2D eigenvalue weighted by Gasteiger charge is -2.37. The third kappa shape index (κ3) is 4.36. The number of halogens is 1. The summed E-state index contributed by atoms with van der Waals surface area (Å²) in [7, 11) is 0. The molecular weight excluding hydrogens is 354 g/mol. The Bertz CT molecular complexity index is 761. The number of rotatable bonds is 4. The van der Waals surface area contributed by atoms with Crippen LogP contribution in [0.15, 0.2) is 42.7 Å². The summed E-state index contributed by atoms with van der Waals surface area (Å²) in [5.74, 6) is 0.116. The van der Waals surface area contributed by atoms with Crippen LogP contribution >= 0.6 is 11.6 Å². The van der Waals surface area contributed by atoms with Crippen LogP contribution in [-0.4, -0.2) is 63.8 Å². The summed E-state index contributed by atoms with van der Waals surface area (Å²) < 4.78 is 0. The van der Waals surface area contributed by atoms with Crippen molar-refractivity contribution in [3.63, 3.8) is 0 Å². The molecule has 0 saturated carbocycles. The number of aromatic nitrogens is 2. The lowest BCUT2D eigenvalue weighted by molar-refractivity contribution is -0.121. The Labute approximate surface area is 157 Å². The number of amides is 2. The smallest absolute Gasteiger partial charge is 0.253 e. The van der Waals surface area contributed by atoms with Gasteiger partial charge in [-0.15, -0.1) is 0 Å². The van der Waals surface area contributed by atoms with Gasteiger partial charge in [0.15, 0.2) is 0 Å². The van der Waals surface area contributed by atoms with Gasteiger partial charge in [0.05, 0.1) is 6.04 Å². The van der Waals surface area contributed by atoms with Crippen LogP contribution in [0.5, 0.6) is 0 Å². The molecule has 8 heteroatoms. The van der Waals surface area contributed by atoms with E-state index in [0.29, 0.717) is 42.7 Å². The topological polar surface area (TPSA) is 78.4 Å². The van der Waals surface area contributed by atoms with Crippen molar-refractivity contribution in [3.8, 4) is 0 Å². The van der Waals surface area contributed by atoms with Gasteiger partial charge in [0.1, 0.15) is 0 Å². The molecule has 1 aromatic heterocycles. The maximum atomic E-state index is 12.5. The molecule has 1 N–H and O–H groups in total. The average Bonchev–Trinajstić information content (AvgIpc) is 2.68. The Kier molecular flexibility index (Phi) is 5.80. The molecule has 0 bridgehead atoms. The molecule has 0 radical (unpaired) electrons. The lowest BCUT2D eigenvalue weighted by Crippen LogP contribution is -2.54. The van der Waals surface area contributed by atoms with Crippen LogP contribution in [0, 0.1) is 0 Å². The summed E-state index contributed by atoms with van der Waals surface area (Å²) in [5, 5.41) is 3.31. The average molecular weight is 374 g/mol. The highest BCUT2D eigenvalue weighted by Gasteiger charge is 2.28. The zero-order chi connectivity index (χ0) is 18.5. The highest BCUT2D eigenvalue weighted by molar-refractivity contribution is 6.30. The van der Waals surface area contributed by atoms with Crippen molar-refractivity contribution >= 4 is 29.4 Å². The number of nitrogens with one attached hydrogen (secondary N) is 1. The van der Waals surface area contributed by atoms with Crippen molar-refractivity contribution in [2.24, 2.45) is 0 Å². The normalized spacial score (nSPS) is 16.2. The zero-order valence-corrected chi connectivity index (χ0v) is 15.2. The summed E-state index contributed by atoms with van der Waals surface area (Å²) in [6.07, 6.45) is 3.16. The molecule has 7 nitrogen and oxygen atoms in total. The van der Waals surface area contributed by atoms with Crippen LogP contribution < -0.4 is 5.32 Å². The summed E-state index contributed by atoms with van der Waals surface area (Å²) in [6.45, 7) is 4.24. The lowest BCUT2D eigenvalue weighted by atomic mass is 10.1. The molecule has 1 aliphatic rings. The molecule has 136 valence electrons. The van der Waals surface area contributed by atoms with Gasteiger partial charge in [-0.3, -0.25) is 19.8 Å². The quantitative estimate of drug-likeness (QED) is 0.885. The zero-order valence-electron chi connectivity index (χ0n) is 14.4. The van der Waals surface area contributed by atoms with Crippen LogP contribution in [0.4, 0.5) is 5.95 Å². The summed E-state index contributed by atoms with van der Waals surface area (Å²) in [6, 6.07) is 8.24. The highest BCUT2D eigenvalue weighted by atomic mass is 35.5. The second-order valence-corrected chi connectivity index (χ2v) is 6.51. The Morgan fingerprint density at radius 2 is 1.69 bits per heavy atom. The van der Waals surface area contributed by atoms with Gasteiger partial charge in [-0.2, -0.15) is 0 Å². The molecule has 1 saturated heterocycles. The van der Waals surface area contributed by atoms with Crippen LogP contribution in [0.2, 0.25) is 5.02 Å². The van der Waals surface area contributed by atoms with E-state index in [9.17, 15) is 9.59 Å². The molecule has 1 aliphatic heterocycles. The van der Waals surface area contributed by atoms with E-state index in [1.54, 1.807) is 47.6 Å². The second kappa shape index (κ2) is 8.25. The SMILES string of the molecule is CC(C(=O)Nc1ncccn1)N1CCN(C(=O)c2ccc(Cl)cc2)CC1. The molecule has 3 rings (SSSR count). The number of hydrogen-bond acceptors (Lipinski definition) is 5. The van der Waals surface area contributed by atoms with Gasteiger partial charge < -0.3 is 4.90 Å². The fraction of sp³-hybridized carbons (Fsp3) is 0.333. The van der Waals surface area contributed by atoms with E-state index >= 15 is 0 Å². The van der Waals surface area contributed by atoms with Crippen molar-refractivity contribution < 1.29 is 9.59 Å². The predicted molar refractivity (Wildman–Crippen MR) is 99.1 cm³/mol.